The Morgan fingerprint density at radius 2 is 1.06 bits per heavy atom. The third-order valence-electron chi connectivity index (χ3n) is 9.87. The molecule has 260 valence electrons. The van der Waals surface area contributed by atoms with E-state index in [2.05, 4.69) is 84.3 Å². The van der Waals surface area contributed by atoms with Crippen LogP contribution in [0, 0.1) is 27.2 Å². The van der Waals surface area contributed by atoms with Gasteiger partial charge in [0.25, 0.3) is 0 Å². The van der Waals surface area contributed by atoms with Crippen LogP contribution in [0.15, 0.2) is 95.5 Å². The van der Waals surface area contributed by atoms with Gasteiger partial charge < -0.3 is 0 Å². The van der Waals surface area contributed by atoms with Crippen LogP contribution >= 0.6 is 57.7 Å². The van der Waals surface area contributed by atoms with E-state index in [9.17, 15) is 0 Å². The van der Waals surface area contributed by atoms with Gasteiger partial charge in [-0.2, -0.15) is 0 Å². The highest BCUT2D eigenvalue weighted by Gasteiger charge is 2.27. The molecule has 7 rings (SSSR count). The van der Waals surface area contributed by atoms with Crippen molar-refractivity contribution >= 4 is 57.7 Å². The van der Waals surface area contributed by atoms with Gasteiger partial charge in [0.1, 0.15) is 11.6 Å². The first-order chi connectivity index (χ1) is 24.4. The van der Waals surface area contributed by atoms with E-state index in [1.165, 1.54) is 53.5 Å². The predicted octanol–water partition coefficient (Wildman–Crippen LogP) is 10.5. The maximum absolute atomic E-state index is 6.30. The van der Waals surface area contributed by atoms with Crippen LogP contribution in [0.25, 0.3) is 11.1 Å². The Balaban J connectivity index is 0.000000178. The van der Waals surface area contributed by atoms with Gasteiger partial charge in [-0.05, 0) is 134 Å². The third-order valence-corrected chi connectivity index (χ3v) is 12.2. The van der Waals surface area contributed by atoms with E-state index in [1.807, 2.05) is 61.4 Å². The molecule has 5 aromatic rings. The molecule has 2 fully saturated rings. The predicted molar refractivity (Wildman–Crippen MR) is 216 cm³/mol. The number of aromatic nitrogens is 6. The molecule has 0 N–H and O–H groups in total. The second kappa shape index (κ2) is 18.8. The quantitative estimate of drug-likeness (QED) is 0.0962. The summed E-state index contributed by atoms with van der Waals surface area (Å²) in [5.41, 5.74) is 4.51. The van der Waals surface area contributed by atoms with Crippen LogP contribution < -0.4 is 0 Å². The van der Waals surface area contributed by atoms with E-state index < -0.39 is 0 Å². The second-order valence-electron chi connectivity index (χ2n) is 13.5. The van der Waals surface area contributed by atoms with Crippen molar-refractivity contribution in [1.82, 2.24) is 29.9 Å². The molecule has 1 aromatic carbocycles. The van der Waals surface area contributed by atoms with Crippen molar-refractivity contribution in [1.29, 1.82) is 0 Å². The van der Waals surface area contributed by atoms with E-state index in [0.29, 0.717) is 11.8 Å². The highest BCUT2D eigenvalue weighted by atomic mass is 127. The highest BCUT2D eigenvalue weighted by molar-refractivity contribution is 14.1. The fraction of sp³-hybridized carbons (Fsp3) is 0.400. The molecule has 0 unspecified atom stereocenters. The molecule has 2 aliphatic carbocycles. The van der Waals surface area contributed by atoms with Crippen molar-refractivity contribution < 1.29 is 0 Å². The first-order valence-corrected chi connectivity index (χ1v) is 21.3. The lowest BCUT2D eigenvalue weighted by Crippen LogP contribution is -2.06. The average Bonchev–Trinajstić information content (AvgIpc) is 3.79. The van der Waals surface area contributed by atoms with Crippen LogP contribution in [0.3, 0.4) is 0 Å². The summed E-state index contributed by atoms with van der Waals surface area (Å²) in [6.45, 7) is 0. The van der Waals surface area contributed by atoms with Gasteiger partial charge in [-0.3, -0.25) is 9.97 Å². The largest absolute Gasteiger partial charge is 0.261 e. The summed E-state index contributed by atoms with van der Waals surface area (Å²) in [5.74, 6) is 4.86. The smallest absolute Gasteiger partial charge is 0.128 e. The molecular formula is C40H44ClIN6S2. The Hall–Kier alpha value is -2.60. The van der Waals surface area contributed by atoms with Crippen LogP contribution in [-0.4, -0.2) is 42.4 Å². The van der Waals surface area contributed by atoms with E-state index in [4.69, 9.17) is 16.6 Å². The van der Waals surface area contributed by atoms with Crippen LogP contribution in [0.4, 0.5) is 0 Å². The molecular weight excluding hydrogens is 791 g/mol. The number of rotatable bonds is 11. The fourth-order valence-electron chi connectivity index (χ4n) is 7.24. The summed E-state index contributed by atoms with van der Waals surface area (Å²) in [7, 11) is 0. The summed E-state index contributed by atoms with van der Waals surface area (Å²) in [6, 6.07) is 16.5. The number of thioether (sulfide) groups is 2. The zero-order valence-corrected chi connectivity index (χ0v) is 33.3. The number of pyridine rings is 2. The van der Waals surface area contributed by atoms with Crippen LogP contribution in [0.1, 0.15) is 61.6 Å². The lowest BCUT2D eigenvalue weighted by molar-refractivity contribution is 0.476. The van der Waals surface area contributed by atoms with Crippen molar-refractivity contribution in [3.63, 3.8) is 0 Å². The zero-order valence-electron chi connectivity index (χ0n) is 28.7. The van der Waals surface area contributed by atoms with Crippen LogP contribution in [0.2, 0.25) is 5.02 Å². The normalized spacial score (nSPS) is 20.0. The molecule has 2 saturated carbocycles. The molecule has 0 amide bonds. The monoisotopic (exact) mass is 834 g/mol. The average molecular weight is 835 g/mol. The van der Waals surface area contributed by atoms with Crippen molar-refractivity contribution in [2.45, 2.75) is 74.0 Å². The summed E-state index contributed by atoms with van der Waals surface area (Å²) in [6.07, 6.45) is 27.6. The fourth-order valence-corrected chi connectivity index (χ4v) is 8.44. The topological polar surface area (TPSA) is 77.3 Å². The Morgan fingerprint density at radius 1 is 0.580 bits per heavy atom. The molecule has 0 spiro atoms. The van der Waals surface area contributed by atoms with Gasteiger partial charge in [-0.15, -0.1) is 23.5 Å². The lowest BCUT2D eigenvalue weighted by Gasteiger charge is -2.11. The van der Waals surface area contributed by atoms with Crippen LogP contribution in [0.5, 0.6) is 0 Å². The zero-order chi connectivity index (χ0) is 34.7. The minimum Gasteiger partial charge on any atom is -0.261 e. The first-order valence-electron chi connectivity index (χ1n) is 17.4. The van der Waals surface area contributed by atoms with Gasteiger partial charge in [0, 0.05) is 90.9 Å². The SMILES string of the molecule is CSc1cnc(C[C@H]2CC[C@H](Cc3ccc(-c4ccccc4Cl)cn3)C2)nc1.CSc1cnc(C[C@H]2CC[C@H](Cc3ccc(I)cn3)C2)nc1. The van der Waals surface area contributed by atoms with Crippen LogP contribution in [-0.2, 0) is 25.7 Å². The highest BCUT2D eigenvalue weighted by Crippen LogP contribution is 2.36. The minimum absolute atomic E-state index is 0.688. The lowest BCUT2D eigenvalue weighted by atomic mass is 9.97. The standard InChI is InChI=1S/C23H24ClN3S.C17H20IN3S/c1-28-20-14-26-23(27-15-20)12-17-7-6-16(10-17)11-19-9-8-18(13-25-19)21-4-2-3-5-22(21)24;1-22-16-10-20-17(21-11-16)8-13-3-2-12(6-13)7-15-5-4-14(18)9-19-15/h2-5,8-9,13-17H,6-7,10-12H2,1H3;4-5,9-13H,2-3,6-8H2,1H3/t16-,17-;12-,13-/m00/s1. The molecule has 50 heavy (non-hydrogen) atoms. The first kappa shape index (κ1) is 37.2. The molecule has 0 aliphatic heterocycles. The molecule has 6 nitrogen and oxygen atoms in total. The number of halogens is 2. The molecule has 4 heterocycles. The van der Waals surface area contributed by atoms with Gasteiger partial charge in [0.05, 0.1) is 0 Å². The Kier molecular flexibility index (Phi) is 13.9. The number of benzene rings is 1. The summed E-state index contributed by atoms with van der Waals surface area (Å²) >= 11 is 12.0. The maximum atomic E-state index is 6.30. The van der Waals surface area contributed by atoms with E-state index >= 15 is 0 Å². The van der Waals surface area contributed by atoms with Gasteiger partial charge in [0.15, 0.2) is 0 Å². The van der Waals surface area contributed by atoms with E-state index in [0.717, 1.165) is 75.1 Å². The minimum atomic E-state index is 0.688. The number of hydrogen-bond acceptors (Lipinski definition) is 8. The summed E-state index contributed by atoms with van der Waals surface area (Å²) in [4.78, 5) is 29.5. The van der Waals surface area contributed by atoms with Gasteiger partial charge in [-0.25, -0.2) is 19.9 Å². The summed E-state index contributed by atoms with van der Waals surface area (Å²) in [5, 5.41) is 0.767. The van der Waals surface area contributed by atoms with Crippen molar-refractivity contribution in [3.8, 4) is 11.1 Å². The third kappa shape index (κ3) is 11.0. The molecule has 0 radical (unpaired) electrons. The van der Waals surface area contributed by atoms with Crippen molar-refractivity contribution in [2.24, 2.45) is 23.7 Å². The van der Waals surface area contributed by atoms with Gasteiger partial charge >= 0.3 is 0 Å². The maximum Gasteiger partial charge on any atom is 0.128 e. The Bertz CT molecular complexity index is 1770. The number of nitrogens with zero attached hydrogens (tertiary/aromatic N) is 6. The number of hydrogen-bond donors (Lipinski definition) is 0. The Morgan fingerprint density at radius 3 is 1.50 bits per heavy atom. The molecule has 10 heteroatoms. The molecule has 4 atom stereocenters. The second-order valence-corrected chi connectivity index (χ2v) is 16.9. The Labute approximate surface area is 324 Å². The van der Waals surface area contributed by atoms with Crippen molar-refractivity contribution in [3.05, 3.63) is 117 Å². The molecule has 2 aliphatic rings. The van der Waals surface area contributed by atoms with Gasteiger partial charge in [0.2, 0.25) is 0 Å². The van der Waals surface area contributed by atoms with Crippen molar-refractivity contribution in [2.75, 3.05) is 12.5 Å². The molecule has 0 bridgehead atoms. The van der Waals surface area contributed by atoms with Gasteiger partial charge in [-0.1, -0.05) is 35.9 Å². The van der Waals surface area contributed by atoms with E-state index in [-0.39, 0.29) is 0 Å². The summed E-state index contributed by atoms with van der Waals surface area (Å²) < 4.78 is 1.21. The van der Waals surface area contributed by atoms with E-state index in [1.54, 1.807) is 23.5 Å². The molecule has 4 aromatic heterocycles. The molecule has 0 saturated heterocycles.